The predicted molar refractivity (Wildman–Crippen MR) is 91.5 cm³/mol. The summed E-state index contributed by atoms with van der Waals surface area (Å²) in [6.45, 7) is 5.39. The van der Waals surface area contributed by atoms with Crippen LogP contribution in [0.1, 0.15) is 35.7 Å². The molecule has 6 heteroatoms. The van der Waals surface area contributed by atoms with E-state index in [4.69, 9.17) is 9.26 Å². The molecule has 2 rings (SSSR count). The summed E-state index contributed by atoms with van der Waals surface area (Å²) in [4.78, 5) is 14.2. The van der Waals surface area contributed by atoms with Crippen molar-refractivity contribution in [3.05, 3.63) is 53.4 Å². The first-order valence-electron chi connectivity index (χ1n) is 7.91. The van der Waals surface area contributed by atoms with E-state index in [2.05, 4.69) is 29.2 Å². The van der Waals surface area contributed by atoms with Gasteiger partial charge < -0.3 is 19.5 Å². The summed E-state index contributed by atoms with van der Waals surface area (Å²) >= 11 is 0. The average Bonchev–Trinajstić information content (AvgIpc) is 3.02. The molecule has 2 aromatic rings. The Labute approximate surface area is 142 Å². The van der Waals surface area contributed by atoms with Crippen molar-refractivity contribution in [1.29, 1.82) is 0 Å². The van der Waals surface area contributed by atoms with Crippen LogP contribution in [0.15, 0.2) is 40.9 Å². The van der Waals surface area contributed by atoms with Gasteiger partial charge in [-0.2, -0.15) is 0 Å². The number of benzene rings is 1. The van der Waals surface area contributed by atoms with Crippen LogP contribution >= 0.6 is 0 Å². The maximum absolute atomic E-state index is 12.1. The first-order chi connectivity index (χ1) is 11.4. The highest BCUT2D eigenvalue weighted by molar-refractivity contribution is 5.92. The van der Waals surface area contributed by atoms with Crippen LogP contribution in [0.5, 0.6) is 0 Å². The molecule has 1 amide bonds. The van der Waals surface area contributed by atoms with Crippen LogP contribution in [0.2, 0.25) is 0 Å². The van der Waals surface area contributed by atoms with E-state index in [1.54, 1.807) is 6.07 Å². The molecular formula is C18H25N3O3. The van der Waals surface area contributed by atoms with Gasteiger partial charge in [-0.1, -0.05) is 35.5 Å². The van der Waals surface area contributed by atoms with Crippen LogP contribution in [0.4, 0.5) is 0 Å². The lowest BCUT2D eigenvalue weighted by Crippen LogP contribution is -2.48. The van der Waals surface area contributed by atoms with Crippen molar-refractivity contribution >= 4 is 5.91 Å². The minimum atomic E-state index is -0.247. The Hall–Kier alpha value is -2.18. The molecule has 0 aliphatic rings. The number of nitrogens with zero attached hydrogens (tertiary/aromatic N) is 2. The molecule has 0 aliphatic heterocycles. The first-order valence-corrected chi connectivity index (χ1v) is 7.91. The van der Waals surface area contributed by atoms with Crippen LogP contribution in [0.25, 0.3) is 0 Å². The van der Waals surface area contributed by atoms with E-state index in [9.17, 15) is 4.79 Å². The number of carbonyl (C=O) groups excluding carboxylic acids is 1. The molecule has 1 aromatic heterocycles. The Morgan fingerprint density at radius 1 is 1.25 bits per heavy atom. The molecule has 0 fully saturated rings. The van der Waals surface area contributed by atoms with E-state index >= 15 is 0 Å². The monoisotopic (exact) mass is 331 g/mol. The van der Waals surface area contributed by atoms with E-state index in [0.29, 0.717) is 18.9 Å². The minimum absolute atomic E-state index is 0.138. The summed E-state index contributed by atoms with van der Waals surface area (Å²) in [7, 11) is 3.95. The summed E-state index contributed by atoms with van der Waals surface area (Å²) in [5, 5.41) is 6.68. The van der Waals surface area contributed by atoms with Crippen molar-refractivity contribution in [2.75, 3.05) is 20.6 Å². The van der Waals surface area contributed by atoms with Crippen molar-refractivity contribution in [1.82, 2.24) is 15.4 Å². The molecule has 0 saturated carbocycles. The van der Waals surface area contributed by atoms with E-state index in [-0.39, 0.29) is 23.7 Å². The maximum atomic E-state index is 12.1. The van der Waals surface area contributed by atoms with Crippen molar-refractivity contribution in [2.45, 2.75) is 32.6 Å². The molecule has 0 bridgehead atoms. The Balaban J connectivity index is 1.80. The number of ether oxygens (including phenoxy) is 1. The number of likely N-dealkylation sites (N-methyl/N-ethyl adjacent to an activating group) is 1. The summed E-state index contributed by atoms with van der Waals surface area (Å²) in [5.74, 6) is 0.283. The van der Waals surface area contributed by atoms with Gasteiger partial charge in [-0.3, -0.25) is 4.79 Å². The molecule has 0 atom stereocenters. The molecule has 6 nitrogen and oxygen atoms in total. The van der Waals surface area contributed by atoms with Gasteiger partial charge in [0.15, 0.2) is 11.5 Å². The highest BCUT2D eigenvalue weighted by Gasteiger charge is 2.22. The lowest BCUT2D eigenvalue weighted by Gasteiger charge is -2.32. The molecule has 1 aromatic carbocycles. The quantitative estimate of drug-likeness (QED) is 0.805. The molecule has 24 heavy (non-hydrogen) atoms. The molecular weight excluding hydrogens is 306 g/mol. The average molecular weight is 331 g/mol. The van der Waals surface area contributed by atoms with Crippen LogP contribution in [-0.2, 0) is 18.0 Å². The molecule has 1 N–H and O–H groups in total. The zero-order chi connectivity index (χ0) is 17.6. The second kappa shape index (κ2) is 8.08. The van der Waals surface area contributed by atoms with Gasteiger partial charge in [-0.15, -0.1) is 0 Å². The predicted octanol–water partition coefficient (Wildman–Crippen LogP) is 2.46. The zero-order valence-electron chi connectivity index (χ0n) is 14.7. The standard InChI is InChI=1S/C18H25N3O3/c1-18(2,21(3)4)13-19-17(22)16-10-15(24-20-16)12-23-11-14-8-6-5-7-9-14/h5-10H,11-13H2,1-4H3,(H,19,22). The number of hydrogen-bond donors (Lipinski definition) is 1. The molecule has 130 valence electrons. The van der Waals surface area contributed by atoms with Crippen LogP contribution in [0, 0.1) is 0 Å². The Kier molecular flexibility index (Phi) is 6.11. The van der Waals surface area contributed by atoms with Crippen LogP contribution in [-0.4, -0.2) is 42.1 Å². The Morgan fingerprint density at radius 2 is 1.96 bits per heavy atom. The zero-order valence-corrected chi connectivity index (χ0v) is 14.7. The largest absolute Gasteiger partial charge is 0.369 e. The van der Waals surface area contributed by atoms with Crippen molar-refractivity contribution in [2.24, 2.45) is 0 Å². The fraction of sp³-hybridized carbons (Fsp3) is 0.444. The van der Waals surface area contributed by atoms with Gasteiger partial charge in [0.25, 0.3) is 5.91 Å². The molecule has 0 unspecified atom stereocenters. The van der Waals surface area contributed by atoms with Gasteiger partial charge in [0, 0.05) is 18.2 Å². The Morgan fingerprint density at radius 3 is 2.62 bits per heavy atom. The van der Waals surface area contributed by atoms with Crippen molar-refractivity contribution < 1.29 is 14.1 Å². The lowest BCUT2D eigenvalue weighted by molar-refractivity contribution is 0.0873. The van der Waals surface area contributed by atoms with Gasteiger partial charge in [0.2, 0.25) is 0 Å². The second-order valence-electron chi connectivity index (χ2n) is 6.55. The number of hydrogen-bond acceptors (Lipinski definition) is 5. The van der Waals surface area contributed by atoms with Crippen LogP contribution in [0.3, 0.4) is 0 Å². The number of aromatic nitrogens is 1. The smallest absolute Gasteiger partial charge is 0.273 e. The number of nitrogens with one attached hydrogen (secondary N) is 1. The Bertz CT molecular complexity index is 651. The highest BCUT2D eigenvalue weighted by atomic mass is 16.5. The van der Waals surface area contributed by atoms with E-state index in [1.165, 1.54) is 0 Å². The third-order valence-corrected chi connectivity index (χ3v) is 4.04. The highest BCUT2D eigenvalue weighted by Crippen LogP contribution is 2.10. The first kappa shape index (κ1) is 18.2. The van der Waals surface area contributed by atoms with E-state index < -0.39 is 0 Å². The fourth-order valence-corrected chi connectivity index (χ4v) is 1.88. The SMILES string of the molecule is CN(C)C(C)(C)CNC(=O)c1cc(COCc2ccccc2)on1. The third-order valence-electron chi connectivity index (χ3n) is 4.04. The van der Waals surface area contributed by atoms with E-state index in [0.717, 1.165) is 5.56 Å². The van der Waals surface area contributed by atoms with Crippen molar-refractivity contribution in [3.63, 3.8) is 0 Å². The summed E-state index contributed by atoms with van der Waals surface area (Å²) < 4.78 is 10.7. The molecule has 0 radical (unpaired) electrons. The fourth-order valence-electron chi connectivity index (χ4n) is 1.88. The van der Waals surface area contributed by atoms with Gasteiger partial charge in [0.05, 0.1) is 6.61 Å². The molecule has 0 saturated heterocycles. The summed E-state index contributed by atoms with van der Waals surface area (Å²) in [6.07, 6.45) is 0. The lowest BCUT2D eigenvalue weighted by atomic mass is 10.0. The van der Waals surface area contributed by atoms with E-state index in [1.807, 2.05) is 44.4 Å². The minimum Gasteiger partial charge on any atom is -0.369 e. The van der Waals surface area contributed by atoms with Crippen molar-refractivity contribution in [3.8, 4) is 0 Å². The third kappa shape index (κ3) is 5.18. The molecule has 1 heterocycles. The molecule has 0 aliphatic carbocycles. The maximum Gasteiger partial charge on any atom is 0.273 e. The normalized spacial score (nSPS) is 11.7. The molecule has 0 spiro atoms. The van der Waals surface area contributed by atoms with Gasteiger partial charge in [0.1, 0.15) is 6.61 Å². The topological polar surface area (TPSA) is 67.6 Å². The number of rotatable bonds is 8. The van der Waals surface area contributed by atoms with Gasteiger partial charge >= 0.3 is 0 Å². The van der Waals surface area contributed by atoms with Crippen LogP contribution < -0.4 is 5.32 Å². The van der Waals surface area contributed by atoms with Gasteiger partial charge in [-0.25, -0.2) is 0 Å². The van der Waals surface area contributed by atoms with Gasteiger partial charge in [-0.05, 0) is 33.5 Å². The summed E-state index contributed by atoms with van der Waals surface area (Å²) in [6, 6.07) is 11.5. The second-order valence-corrected chi connectivity index (χ2v) is 6.55. The summed E-state index contributed by atoms with van der Waals surface area (Å²) in [5.41, 5.74) is 1.21. The number of amides is 1. The number of carbonyl (C=O) groups is 1.